The Labute approximate surface area is 99.9 Å². The minimum Gasteiger partial charge on any atom is -0.330 e. The van der Waals surface area contributed by atoms with Crippen LogP contribution < -0.4 is 5.73 Å². The summed E-state index contributed by atoms with van der Waals surface area (Å²) in [5.41, 5.74) is 6.63. The van der Waals surface area contributed by atoms with Gasteiger partial charge in [-0.25, -0.2) is 4.98 Å². The maximum absolute atomic E-state index is 6.11. The van der Waals surface area contributed by atoms with Crippen molar-refractivity contribution in [3.05, 3.63) is 53.1 Å². The summed E-state index contributed by atoms with van der Waals surface area (Å²) in [6.45, 7) is 1.36. The molecule has 0 spiro atoms. The molecule has 4 heteroatoms. The molecule has 2 aromatic rings. The van der Waals surface area contributed by atoms with Crippen LogP contribution in [-0.4, -0.2) is 16.1 Å². The van der Waals surface area contributed by atoms with Crippen molar-refractivity contribution in [1.82, 2.24) is 9.55 Å². The second-order valence-corrected chi connectivity index (χ2v) is 4.01. The monoisotopic (exact) mass is 235 g/mol. The normalized spacial score (nSPS) is 10.6. The molecule has 2 rings (SSSR count). The number of aromatic nitrogens is 2. The quantitative estimate of drug-likeness (QED) is 0.882. The summed E-state index contributed by atoms with van der Waals surface area (Å²) < 4.78 is 2.08. The maximum Gasteiger partial charge on any atom is 0.110 e. The molecule has 84 valence electrons. The van der Waals surface area contributed by atoms with Crippen molar-refractivity contribution >= 4 is 11.6 Å². The molecule has 0 aliphatic rings. The average molecular weight is 236 g/mol. The lowest BCUT2D eigenvalue weighted by Gasteiger charge is -2.08. The molecule has 2 N–H and O–H groups in total. The van der Waals surface area contributed by atoms with Gasteiger partial charge in [-0.3, -0.25) is 0 Å². The van der Waals surface area contributed by atoms with Crippen LogP contribution >= 0.6 is 11.6 Å². The van der Waals surface area contributed by atoms with E-state index < -0.39 is 0 Å². The molecule has 1 aromatic heterocycles. The zero-order valence-electron chi connectivity index (χ0n) is 8.94. The van der Waals surface area contributed by atoms with Gasteiger partial charge in [0, 0.05) is 23.8 Å². The minimum absolute atomic E-state index is 0.611. The summed E-state index contributed by atoms with van der Waals surface area (Å²) >= 11 is 6.11. The fraction of sp³-hybridized carbons (Fsp3) is 0.250. The van der Waals surface area contributed by atoms with E-state index in [2.05, 4.69) is 9.55 Å². The SMILES string of the molecule is NCCc1nccn1Cc1ccccc1Cl. The predicted molar refractivity (Wildman–Crippen MR) is 65.5 cm³/mol. The summed E-state index contributed by atoms with van der Waals surface area (Å²) in [7, 11) is 0. The van der Waals surface area contributed by atoms with Gasteiger partial charge in [-0.1, -0.05) is 29.8 Å². The number of imidazole rings is 1. The van der Waals surface area contributed by atoms with Gasteiger partial charge in [0.2, 0.25) is 0 Å². The third kappa shape index (κ3) is 2.43. The fourth-order valence-electron chi connectivity index (χ4n) is 1.65. The molecule has 0 fully saturated rings. The van der Waals surface area contributed by atoms with Crippen molar-refractivity contribution in [3.8, 4) is 0 Å². The largest absolute Gasteiger partial charge is 0.330 e. The third-order valence-corrected chi connectivity index (χ3v) is 2.84. The summed E-state index contributed by atoms with van der Waals surface area (Å²) in [6.07, 6.45) is 4.54. The highest BCUT2D eigenvalue weighted by molar-refractivity contribution is 6.31. The molecule has 0 aliphatic heterocycles. The van der Waals surface area contributed by atoms with Gasteiger partial charge in [-0.15, -0.1) is 0 Å². The van der Waals surface area contributed by atoms with E-state index in [4.69, 9.17) is 17.3 Å². The van der Waals surface area contributed by atoms with Crippen LogP contribution in [0.4, 0.5) is 0 Å². The van der Waals surface area contributed by atoms with Gasteiger partial charge in [0.15, 0.2) is 0 Å². The first-order valence-electron chi connectivity index (χ1n) is 5.24. The van der Waals surface area contributed by atoms with Gasteiger partial charge in [-0.2, -0.15) is 0 Å². The van der Waals surface area contributed by atoms with Crippen LogP contribution in [-0.2, 0) is 13.0 Å². The lowest BCUT2D eigenvalue weighted by molar-refractivity contribution is 0.716. The topological polar surface area (TPSA) is 43.8 Å². The van der Waals surface area contributed by atoms with Gasteiger partial charge in [-0.05, 0) is 18.2 Å². The van der Waals surface area contributed by atoms with Crippen molar-refractivity contribution in [2.45, 2.75) is 13.0 Å². The zero-order chi connectivity index (χ0) is 11.4. The second-order valence-electron chi connectivity index (χ2n) is 3.60. The van der Waals surface area contributed by atoms with E-state index in [1.165, 1.54) is 0 Å². The van der Waals surface area contributed by atoms with Gasteiger partial charge >= 0.3 is 0 Å². The van der Waals surface area contributed by atoms with Crippen molar-refractivity contribution in [1.29, 1.82) is 0 Å². The average Bonchev–Trinajstić information content (AvgIpc) is 2.70. The molecule has 3 nitrogen and oxygen atoms in total. The highest BCUT2D eigenvalue weighted by atomic mass is 35.5. The van der Waals surface area contributed by atoms with E-state index >= 15 is 0 Å². The third-order valence-electron chi connectivity index (χ3n) is 2.47. The molecule has 0 saturated heterocycles. The highest BCUT2D eigenvalue weighted by Gasteiger charge is 2.04. The number of hydrogen-bond acceptors (Lipinski definition) is 2. The van der Waals surface area contributed by atoms with Crippen LogP contribution in [0.5, 0.6) is 0 Å². The zero-order valence-corrected chi connectivity index (χ0v) is 9.69. The minimum atomic E-state index is 0.611. The van der Waals surface area contributed by atoms with E-state index in [9.17, 15) is 0 Å². The molecule has 0 unspecified atom stereocenters. The first-order chi connectivity index (χ1) is 7.81. The molecular weight excluding hydrogens is 222 g/mol. The molecule has 0 radical (unpaired) electrons. The number of nitrogens with zero attached hydrogens (tertiary/aromatic N) is 2. The first-order valence-corrected chi connectivity index (χ1v) is 5.62. The lowest BCUT2D eigenvalue weighted by Crippen LogP contribution is -2.10. The second kappa shape index (κ2) is 5.14. The van der Waals surface area contributed by atoms with Crippen LogP contribution in [0.3, 0.4) is 0 Å². The maximum atomic E-state index is 6.11. The Bertz CT molecular complexity index is 465. The number of hydrogen-bond donors (Lipinski definition) is 1. The van der Waals surface area contributed by atoms with Crippen LogP contribution in [0.2, 0.25) is 5.02 Å². The molecule has 0 saturated carbocycles. The molecule has 0 amide bonds. The van der Waals surface area contributed by atoms with E-state index in [0.717, 1.165) is 29.4 Å². The van der Waals surface area contributed by atoms with E-state index in [-0.39, 0.29) is 0 Å². The number of nitrogens with two attached hydrogens (primary N) is 1. The Morgan fingerprint density at radius 1 is 1.31 bits per heavy atom. The number of halogens is 1. The first kappa shape index (κ1) is 11.2. The van der Waals surface area contributed by atoms with E-state index in [0.29, 0.717) is 6.54 Å². The molecule has 1 aromatic carbocycles. The Hall–Kier alpha value is -1.32. The highest BCUT2D eigenvalue weighted by Crippen LogP contribution is 2.16. The molecule has 16 heavy (non-hydrogen) atoms. The summed E-state index contributed by atoms with van der Waals surface area (Å²) in [6, 6.07) is 7.84. The van der Waals surface area contributed by atoms with Gasteiger partial charge in [0.1, 0.15) is 5.82 Å². The smallest absolute Gasteiger partial charge is 0.110 e. The van der Waals surface area contributed by atoms with Crippen molar-refractivity contribution < 1.29 is 0 Å². The van der Waals surface area contributed by atoms with E-state index in [1.807, 2.05) is 30.5 Å². The van der Waals surface area contributed by atoms with Crippen LogP contribution in [0, 0.1) is 0 Å². The van der Waals surface area contributed by atoms with Gasteiger partial charge in [0.25, 0.3) is 0 Å². The van der Waals surface area contributed by atoms with Gasteiger partial charge < -0.3 is 10.3 Å². The molecule has 1 heterocycles. The molecular formula is C12H14ClN3. The number of benzene rings is 1. The summed E-state index contributed by atoms with van der Waals surface area (Å²) in [5.74, 6) is 1.00. The summed E-state index contributed by atoms with van der Waals surface area (Å²) in [4.78, 5) is 4.27. The molecule has 0 aliphatic carbocycles. The number of rotatable bonds is 4. The van der Waals surface area contributed by atoms with Crippen molar-refractivity contribution in [2.75, 3.05) is 6.54 Å². The lowest BCUT2D eigenvalue weighted by atomic mass is 10.2. The predicted octanol–water partition coefficient (Wildman–Crippen LogP) is 2.09. The van der Waals surface area contributed by atoms with Crippen LogP contribution in [0.1, 0.15) is 11.4 Å². The van der Waals surface area contributed by atoms with E-state index in [1.54, 1.807) is 6.20 Å². The Balaban J connectivity index is 2.20. The molecule has 0 atom stereocenters. The Kier molecular flexibility index (Phi) is 3.59. The van der Waals surface area contributed by atoms with Crippen molar-refractivity contribution in [3.63, 3.8) is 0 Å². The van der Waals surface area contributed by atoms with Gasteiger partial charge in [0.05, 0.1) is 6.54 Å². The van der Waals surface area contributed by atoms with Crippen LogP contribution in [0.25, 0.3) is 0 Å². The Morgan fingerprint density at radius 2 is 2.12 bits per heavy atom. The summed E-state index contributed by atoms with van der Waals surface area (Å²) in [5, 5.41) is 0.787. The fourth-order valence-corrected chi connectivity index (χ4v) is 1.85. The standard InChI is InChI=1S/C12H14ClN3/c13-11-4-2-1-3-10(11)9-16-8-7-15-12(16)5-6-14/h1-4,7-8H,5-6,9,14H2. The van der Waals surface area contributed by atoms with Crippen LogP contribution in [0.15, 0.2) is 36.7 Å². The van der Waals surface area contributed by atoms with Crippen molar-refractivity contribution in [2.24, 2.45) is 5.73 Å². The molecule has 0 bridgehead atoms. The Morgan fingerprint density at radius 3 is 2.88 bits per heavy atom.